The highest BCUT2D eigenvalue weighted by molar-refractivity contribution is 8.38. The molecule has 1 nitrogen and oxygen atoms in total. The van der Waals surface area contributed by atoms with Crippen molar-refractivity contribution in [2.24, 2.45) is 0 Å². The smallest absolute Gasteiger partial charge is 0.246 e. The summed E-state index contributed by atoms with van der Waals surface area (Å²) >= 11 is 2.75. The molecule has 0 unspecified atom stereocenters. The number of rotatable bonds is 3. The second kappa shape index (κ2) is 6.11. The lowest BCUT2D eigenvalue weighted by Gasteiger charge is -1.98. The van der Waals surface area contributed by atoms with Crippen LogP contribution in [0.1, 0.15) is 12.5 Å². The molecule has 3 heteroatoms. The molecule has 0 atom stereocenters. The molecule has 0 aliphatic heterocycles. The van der Waals surface area contributed by atoms with E-state index in [1.165, 1.54) is 29.1 Å². The maximum absolute atomic E-state index is 11.1. The van der Waals surface area contributed by atoms with Gasteiger partial charge in [0, 0.05) is 5.75 Å². The summed E-state index contributed by atoms with van der Waals surface area (Å²) in [4.78, 5) is 11.1. The number of hydrogen-bond acceptors (Lipinski definition) is 3. The van der Waals surface area contributed by atoms with Crippen molar-refractivity contribution in [3.05, 3.63) is 35.9 Å². The van der Waals surface area contributed by atoms with E-state index in [4.69, 9.17) is 0 Å². The number of benzene rings is 1. The fraction of sp³-hybridized carbons (Fsp3) is 0.300. The van der Waals surface area contributed by atoms with E-state index in [0.717, 1.165) is 11.5 Å². The van der Waals surface area contributed by atoms with Gasteiger partial charge in [0.25, 0.3) is 0 Å². The van der Waals surface area contributed by atoms with Crippen molar-refractivity contribution < 1.29 is 4.79 Å². The topological polar surface area (TPSA) is 17.1 Å². The number of hydrogen-bond donors (Lipinski definition) is 0. The van der Waals surface area contributed by atoms with Gasteiger partial charge in [-0.3, -0.25) is 4.79 Å². The van der Waals surface area contributed by atoms with E-state index in [9.17, 15) is 4.79 Å². The van der Waals surface area contributed by atoms with Gasteiger partial charge in [-0.1, -0.05) is 60.8 Å². The number of carbonyl (C=O) groups is 1. The van der Waals surface area contributed by atoms with E-state index in [0.29, 0.717) is 0 Å². The number of thioether (sulfide) groups is 2. The summed E-state index contributed by atoms with van der Waals surface area (Å²) in [6.45, 7) is 1.99. The van der Waals surface area contributed by atoms with Crippen LogP contribution in [0.2, 0.25) is 0 Å². The third kappa shape index (κ3) is 4.39. The quantitative estimate of drug-likeness (QED) is 0.758. The second-order valence-corrected chi connectivity index (χ2v) is 4.90. The highest BCUT2D eigenvalue weighted by Crippen LogP contribution is 2.20. The van der Waals surface area contributed by atoms with Gasteiger partial charge < -0.3 is 0 Å². The molecule has 0 fully saturated rings. The Hall–Kier alpha value is -0.410. The van der Waals surface area contributed by atoms with Crippen LogP contribution in [0.3, 0.4) is 0 Å². The molecule has 1 aromatic carbocycles. The van der Waals surface area contributed by atoms with Gasteiger partial charge in [0.1, 0.15) is 0 Å². The van der Waals surface area contributed by atoms with Gasteiger partial charge in [0.15, 0.2) is 0 Å². The summed E-state index contributed by atoms with van der Waals surface area (Å²) in [5.74, 6) is 1.65. The SMILES string of the molecule is CCSC(=O)SCc1ccccc1. The standard InChI is InChI=1S/C10H12OS2/c1-2-12-10(11)13-8-9-6-4-3-5-7-9/h3-7H,2,8H2,1H3. The van der Waals surface area contributed by atoms with E-state index < -0.39 is 0 Å². The van der Waals surface area contributed by atoms with Gasteiger partial charge >= 0.3 is 0 Å². The zero-order valence-electron chi connectivity index (χ0n) is 7.53. The third-order valence-corrected chi connectivity index (χ3v) is 3.41. The minimum absolute atomic E-state index is 0.214. The molecule has 0 aromatic heterocycles. The molecule has 0 N–H and O–H groups in total. The largest absolute Gasteiger partial charge is 0.274 e. The van der Waals surface area contributed by atoms with Crippen LogP contribution in [-0.2, 0) is 5.75 Å². The van der Waals surface area contributed by atoms with E-state index in [1.807, 2.05) is 37.3 Å². The summed E-state index contributed by atoms with van der Waals surface area (Å²) in [6.07, 6.45) is 0. The Morgan fingerprint density at radius 2 is 1.92 bits per heavy atom. The molecule has 13 heavy (non-hydrogen) atoms. The van der Waals surface area contributed by atoms with Crippen LogP contribution in [0.15, 0.2) is 30.3 Å². The summed E-state index contributed by atoms with van der Waals surface area (Å²) in [5.41, 5.74) is 1.21. The Labute approximate surface area is 87.3 Å². The van der Waals surface area contributed by atoms with Crippen LogP contribution < -0.4 is 0 Å². The Morgan fingerprint density at radius 1 is 1.23 bits per heavy atom. The normalized spacial score (nSPS) is 9.92. The molecule has 0 aliphatic rings. The summed E-state index contributed by atoms with van der Waals surface area (Å²) in [6, 6.07) is 10.0. The Balaban J connectivity index is 2.31. The Kier molecular flexibility index (Phi) is 5.01. The number of carbonyl (C=O) groups excluding carboxylic acids is 1. The monoisotopic (exact) mass is 212 g/mol. The fourth-order valence-electron chi connectivity index (χ4n) is 0.876. The lowest BCUT2D eigenvalue weighted by atomic mass is 10.2. The van der Waals surface area contributed by atoms with E-state index in [2.05, 4.69) is 0 Å². The molecule has 1 rings (SSSR count). The predicted octanol–water partition coefficient (Wildman–Crippen LogP) is 3.79. The molecule has 0 radical (unpaired) electrons. The van der Waals surface area contributed by atoms with Gasteiger partial charge in [-0.2, -0.15) is 0 Å². The first-order chi connectivity index (χ1) is 6.33. The first-order valence-electron chi connectivity index (χ1n) is 4.16. The molecule has 0 aliphatic carbocycles. The van der Waals surface area contributed by atoms with Crippen molar-refractivity contribution >= 4 is 28.0 Å². The zero-order valence-corrected chi connectivity index (χ0v) is 9.16. The van der Waals surface area contributed by atoms with Crippen molar-refractivity contribution in [3.63, 3.8) is 0 Å². The van der Waals surface area contributed by atoms with E-state index in [-0.39, 0.29) is 4.45 Å². The lowest BCUT2D eigenvalue weighted by molar-refractivity contribution is 0.276. The van der Waals surface area contributed by atoms with Gasteiger partial charge in [-0.05, 0) is 11.3 Å². The molecular formula is C10H12OS2. The minimum Gasteiger partial charge on any atom is -0.274 e. The molecule has 0 saturated heterocycles. The average molecular weight is 212 g/mol. The molecule has 0 heterocycles. The zero-order chi connectivity index (χ0) is 9.52. The van der Waals surface area contributed by atoms with Crippen molar-refractivity contribution in [2.45, 2.75) is 12.7 Å². The van der Waals surface area contributed by atoms with Crippen molar-refractivity contribution in [3.8, 4) is 0 Å². The van der Waals surface area contributed by atoms with Crippen molar-refractivity contribution in [1.29, 1.82) is 0 Å². The first kappa shape index (κ1) is 10.7. The van der Waals surface area contributed by atoms with Crippen LogP contribution in [0.5, 0.6) is 0 Å². The average Bonchev–Trinajstić information content (AvgIpc) is 2.17. The van der Waals surface area contributed by atoms with Crippen molar-refractivity contribution in [2.75, 3.05) is 5.75 Å². The van der Waals surface area contributed by atoms with Crippen LogP contribution in [0, 0.1) is 0 Å². The second-order valence-electron chi connectivity index (χ2n) is 2.46. The van der Waals surface area contributed by atoms with Gasteiger partial charge in [-0.25, -0.2) is 0 Å². The molecule has 0 bridgehead atoms. The maximum atomic E-state index is 11.1. The summed E-state index contributed by atoms with van der Waals surface area (Å²) in [7, 11) is 0. The highest BCUT2D eigenvalue weighted by atomic mass is 32.2. The molecule has 1 aromatic rings. The summed E-state index contributed by atoms with van der Waals surface area (Å²) in [5, 5.41) is 0. The van der Waals surface area contributed by atoms with Crippen LogP contribution in [0.25, 0.3) is 0 Å². The Bertz CT molecular complexity index is 259. The lowest BCUT2D eigenvalue weighted by Crippen LogP contribution is -1.84. The fourth-order valence-corrected chi connectivity index (χ4v) is 2.45. The highest BCUT2D eigenvalue weighted by Gasteiger charge is 2.01. The third-order valence-electron chi connectivity index (χ3n) is 1.46. The van der Waals surface area contributed by atoms with E-state index >= 15 is 0 Å². The maximum Gasteiger partial charge on any atom is 0.246 e. The van der Waals surface area contributed by atoms with Crippen molar-refractivity contribution in [1.82, 2.24) is 0 Å². The van der Waals surface area contributed by atoms with Gasteiger partial charge in [-0.15, -0.1) is 0 Å². The molecule has 0 saturated carbocycles. The van der Waals surface area contributed by atoms with Gasteiger partial charge in [0.2, 0.25) is 4.45 Å². The molecule has 70 valence electrons. The van der Waals surface area contributed by atoms with Gasteiger partial charge in [0.05, 0.1) is 0 Å². The van der Waals surface area contributed by atoms with Crippen LogP contribution in [-0.4, -0.2) is 10.2 Å². The van der Waals surface area contributed by atoms with Crippen LogP contribution >= 0.6 is 23.5 Å². The van der Waals surface area contributed by atoms with Crippen LogP contribution in [0.4, 0.5) is 4.79 Å². The Morgan fingerprint density at radius 3 is 2.54 bits per heavy atom. The molecule has 0 spiro atoms. The molecule has 0 amide bonds. The van der Waals surface area contributed by atoms with E-state index in [1.54, 1.807) is 0 Å². The minimum atomic E-state index is 0.214. The predicted molar refractivity (Wildman–Crippen MR) is 61.3 cm³/mol. The first-order valence-corrected chi connectivity index (χ1v) is 6.13. The summed E-state index contributed by atoms with van der Waals surface area (Å²) < 4.78 is 0.214. The molecular weight excluding hydrogens is 200 g/mol.